The number of carbonyl (C=O) groups excluding carboxylic acids is 2. The molecule has 0 fully saturated rings. The molecule has 1 N–H and O–H groups in total. The molecule has 1 atom stereocenters. The number of ether oxygens (including phenoxy) is 1. The first-order valence-electron chi connectivity index (χ1n) is 6.74. The Kier molecular flexibility index (Phi) is 5.59. The van der Waals surface area contributed by atoms with Crippen molar-refractivity contribution in [1.29, 1.82) is 0 Å². The van der Waals surface area contributed by atoms with Gasteiger partial charge >= 0.3 is 5.97 Å². The molecule has 2 rings (SSSR count). The molecule has 0 spiro atoms. The largest absolute Gasteiger partial charge is 0.449 e. The molecule has 1 aromatic heterocycles. The SMILES string of the molecule is C[C@@H](OC(=O)c1cncc(Br)c1)C(=O)Nc1ccccc1[N+](=O)[O-]. The third-order valence-electron chi connectivity index (χ3n) is 2.95. The molecule has 0 unspecified atom stereocenters. The van der Waals surface area contributed by atoms with Gasteiger partial charge in [-0.05, 0) is 35.0 Å². The fourth-order valence-corrected chi connectivity index (χ4v) is 2.14. The van der Waals surface area contributed by atoms with Crippen LogP contribution in [0.5, 0.6) is 0 Å². The van der Waals surface area contributed by atoms with E-state index in [9.17, 15) is 19.7 Å². The summed E-state index contributed by atoms with van der Waals surface area (Å²) in [7, 11) is 0. The molecular formula is C15H12BrN3O5. The van der Waals surface area contributed by atoms with Crippen LogP contribution in [0.4, 0.5) is 11.4 Å². The molecular weight excluding hydrogens is 382 g/mol. The number of nitro groups is 1. The molecule has 8 nitrogen and oxygen atoms in total. The molecule has 2 aromatic rings. The maximum atomic E-state index is 12.1. The molecule has 0 radical (unpaired) electrons. The van der Waals surface area contributed by atoms with Crippen LogP contribution >= 0.6 is 15.9 Å². The van der Waals surface area contributed by atoms with E-state index in [0.717, 1.165) is 0 Å². The Balaban J connectivity index is 2.05. The molecule has 0 saturated carbocycles. The van der Waals surface area contributed by atoms with E-state index in [1.54, 1.807) is 6.07 Å². The number of esters is 1. The topological polar surface area (TPSA) is 111 Å². The monoisotopic (exact) mass is 393 g/mol. The minimum Gasteiger partial charge on any atom is -0.449 e. The van der Waals surface area contributed by atoms with Crippen LogP contribution < -0.4 is 5.32 Å². The number of rotatable bonds is 5. The summed E-state index contributed by atoms with van der Waals surface area (Å²) in [6.45, 7) is 1.37. The molecule has 0 aliphatic heterocycles. The zero-order valence-corrected chi connectivity index (χ0v) is 14.0. The van der Waals surface area contributed by atoms with Crippen LogP contribution in [0.25, 0.3) is 0 Å². The first-order chi connectivity index (χ1) is 11.4. The first-order valence-corrected chi connectivity index (χ1v) is 7.53. The number of halogens is 1. The van der Waals surface area contributed by atoms with E-state index in [2.05, 4.69) is 26.2 Å². The number of amides is 1. The number of aromatic nitrogens is 1. The van der Waals surface area contributed by atoms with E-state index in [-0.39, 0.29) is 16.9 Å². The Bertz CT molecular complexity index is 796. The minimum absolute atomic E-state index is 0.0273. The molecule has 0 bridgehead atoms. The molecule has 0 saturated heterocycles. The second kappa shape index (κ2) is 7.64. The lowest BCUT2D eigenvalue weighted by atomic mass is 10.2. The average Bonchev–Trinajstić information content (AvgIpc) is 2.55. The van der Waals surface area contributed by atoms with Crippen LogP contribution in [0, 0.1) is 10.1 Å². The smallest absolute Gasteiger partial charge is 0.340 e. The Labute approximate surface area is 145 Å². The van der Waals surface area contributed by atoms with E-state index in [1.165, 1.54) is 43.6 Å². The van der Waals surface area contributed by atoms with E-state index in [0.29, 0.717) is 4.47 Å². The quantitative estimate of drug-likeness (QED) is 0.474. The number of nitro benzene ring substituents is 1. The molecule has 0 aliphatic carbocycles. The Morgan fingerprint density at radius 1 is 1.33 bits per heavy atom. The number of anilines is 1. The van der Waals surface area contributed by atoms with E-state index >= 15 is 0 Å². The number of nitrogens with zero attached hydrogens (tertiary/aromatic N) is 2. The highest BCUT2D eigenvalue weighted by atomic mass is 79.9. The number of pyridine rings is 1. The van der Waals surface area contributed by atoms with Crippen molar-refractivity contribution in [3.63, 3.8) is 0 Å². The number of para-hydroxylation sites is 2. The zero-order valence-electron chi connectivity index (χ0n) is 12.4. The Hall–Kier alpha value is -2.81. The summed E-state index contributed by atoms with van der Waals surface area (Å²) >= 11 is 3.18. The average molecular weight is 394 g/mol. The van der Waals surface area contributed by atoms with Crippen LogP contribution in [-0.2, 0) is 9.53 Å². The third kappa shape index (κ3) is 4.35. The molecule has 0 aliphatic rings. The molecule has 24 heavy (non-hydrogen) atoms. The molecule has 124 valence electrons. The van der Waals surface area contributed by atoms with Gasteiger partial charge in [-0.1, -0.05) is 12.1 Å². The summed E-state index contributed by atoms with van der Waals surface area (Å²) in [6, 6.07) is 7.19. The summed E-state index contributed by atoms with van der Waals surface area (Å²) in [6.07, 6.45) is 1.66. The van der Waals surface area contributed by atoms with Crippen molar-refractivity contribution in [2.24, 2.45) is 0 Å². The number of carbonyl (C=O) groups is 2. The van der Waals surface area contributed by atoms with Crippen LogP contribution in [-0.4, -0.2) is 27.9 Å². The lowest BCUT2D eigenvalue weighted by Gasteiger charge is -2.13. The fourth-order valence-electron chi connectivity index (χ4n) is 1.78. The summed E-state index contributed by atoms with van der Waals surface area (Å²) in [4.78, 5) is 38.2. The molecule has 1 heterocycles. The number of nitrogens with one attached hydrogen (secondary N) is 1. The lowest BCUT2D eigenvalue weighted by molar-refractivity contribution is -0.383. The summed E-state index contributed by atoms with van der Waals surface area (Å²) in [5.41, 5.74) is -0.0465. The van der Waals surface area contributed by atoms with Gasteiger partial charge in [0.1, 0.15) is 5.69 Å². The van der Waals surface area contributed by atoms with Crippen molar-refractivity contribution in [1.82, 2.24) is 4.98 Å². The van der Waals surface area contributed by atoms with Crippen molar-refractivity contribution in [2.75, 3.05) is 5.32 Å². The van der Waals surface area contributed by atoms with Crippen molar-refractivity contribution in [3.8, 4) is 0 Å². The number of benzene rings is 1. The van der Waals surface area contributed by atoms with E-state index in [4.69, 9.17) is 4.74 Å². The van der Waals surface area contributed by atoms with Gasteiger partial charge in [0.25, 0.3) is 11.6 Å². The predicted octanol–water partition coefficient (Wildman–Crippen LogP) is 2.94. The minimum atomic E-state index is -1.14. The highest BCUT2D eigenvalue weighted by molar-refractivity contribution is 9.10. The molecule has 9 heteroatoms. The predicted molar refractivity (Wildman–Crippen MR) is 88.5 cm³/mol. The summed E-state index contributed by atoms with van der Waals surface area (Å²) < 4.78 is 5.64. The van der Waals surface area contributed by atoms with Crippen molar-refractivity contribution < 1.29 is 19.2 Å². The van der Waals surface area contributed by atoms with Gasteiger partial charge in [-0.3, -0.25) is 19.9 Å². The van der Waals surface area contributed by atoms with Gasteiger partial charge in [0.15, 0.2) is 6.10 Å². The van der Waals surface area contributed by atoms with Crippen molar-refractivity contribution in [2.45, 2.75) is 13.0 Å². The Morgan fingerprint density at radius 3 is 2.71 bits per heavy atom. The first kappa shape index (κ1) is 17.5. The second-order valence-electron chi connectivity index (χ2n) is 4.70. The fraction of sp³-hybridized carbons (Fsp3) is 0.133. The summed E-state index contributed by atoms with van der Waals surface area (Å²) in [5, 5.41) is 13.3. The van der Waals surface area contributed by atoms with E-state index in [1.807, 2.05) is 0 Å². The number of hydrogen-bond donors (Lipinski definition) is 1. The lowest BCUT2D eigenvalue weighted by Crippen LogP contribution is -2.30. The standard InChI is InChI=1S/C15H12BrN3O5/c1-9(24-15(21)10-6-11(16)8-17-7-10)14(20)18-12-4-2-3-5-13(12)19(22)23/h2-9H,1H3,(H,18,20)/t9-/m1/s1. The van der Waals surface area contributed by atoms with E-state index < -0.39 is 22.9 Å². The normalized spacial score (nSPS) is 11.4. The van der Waals surface area contributed by atoms with Gasteiger partial charge in [-0.15, -0.1) is 0 Å². The van der Waals surface area contributed by atoms with Crippen LogP contribution in [0.2, 0.25) is 0 Å². The molecule has 1 amide bonds. The van der Waals surface area contributed by atoms with Gasteiger partial charge in [0, 0.05) is 22.9 Å². The molecule has 1 aromatic carbocycles. The third-order valence-corrected chi connectivity index (χ3v) is 3.39. The Morgan fingerprint density at radius 2 is 2.04 bits per heavy atom. The zero-order chi connectivity index (χ0) is 17.7. The van der Waals surface area contributed by atoms with Crippen LogP contribution in [0.15, 0.2) is 47.2 Å². The number of hydrogen-bond acceptors (Lipinski definition) is 6. The van der Waals surface area contributed by atoms with Gasteiger partial charge in [-0.2, -0.15) is 0 Å². The van der Waals surface area contributed by atoms with Crippen molar-refractivity contribution >= 4 is 39.2 Å². The van der Waals surface area contributed by atoms with Gasteiger partial charge in [0.05, 0.1) is 10.5 Å². The highest BCUT2D eigenvalue weighted by Crippen LogP contribution is 2.23. The summed E-state index contributed by atoms with van der Waals surface area (Å²) in [5.74, 6) is -1.41. The maximum Gasteiger partial charge on any atom is 0.340 e. The maximum absolute atomic E-state index is 12.1. The van der Waals surface area contributed by atoms with Gasteiger partial charge in [-0.25, -0.2) is 4.79 Å². The van der Waals surface area contributed by atoms with Crippen LogP contribution in [0.1, 0.15) is 17.3 Å². The second-order valence-corrected chi connectivity index (χ2v) is 5.62. The highest BCUT2D eigenvalue weighted by Gasteiger charge is 2.22. The van der Waals surface area contributed by atoms with Crippen LogP contribution in [0.3, 0.4) is 0 Å². The van der Waals surface area contributed by atoms with Gasteiger partial charge < -0.3 is 10.1 Å². The van der Waals surface area contributed by atoms with Crippen molar-refractivity contribution in [3.05, 3.63) is 62.9 Å². The van der Waals surface area contributed by atoms with Gasteiger partial charge in [0.2, 0.25) is 0 Å².